The van der Waals surface area contributed by atoms with E-state index in [2.05, 4.69) is 15.3 Å². The summed E-state index contributed by atoms with van der Waals surface area (Å²) in [6.07, 6.45) is 0. The van der Waals surface area contributed by atoms with Gasteiger partial charge in [0.15, 0.2) is 0 Å². The smallest absolute Gasteiger partial charge is 0.130 e. The van der Waals surface area contributed by atoms with E-state index in [0.717, 1.165) is 17.3 Å². The number of rotatable bonds is 3. The van der Waals surface area contributed by atoms with Crippen molar-refractivity contribution in [3.05, 3.63) is 17.6 Å². The number of aromatic nitrogens is 2. The Kier molecular flexibility index (Phi) is 3.48. The summed E-state index contributed by atoms with van der Waals surface area (Å²) in [5, 5.41) is 3.19. The van der Waals surface area contributed by atoms with E-state index in [9.17, 15) is 0 Å². The highest BCUT2D eigenvalue weighted by atomic mass is 35.5. The number of hydrogen-bond acceptors (Lipinski definition) is 3. The van der Waals surface area contributed by atoms with Crippen LogP contribution in [0.4, 0.5) is 5.82 Å². The van der Waals surface area contributed by atoms with Gasteiger partial charge in [0.1, 0.15) is 11.6 Å². The van der Waals surface area contributed by atoms with Gasteiger partial charge in [-0.05, 0) is 20.8 Å². The van der Waals surface area contributed by atoms with Crippen molar-refractivity contribution in [2.45, 2.75) is 26.8 Å². The summed E-state index contributed by atoms with van der Waals surface area (Å²) in [6.45, 7) is 5.84. The van der Waals surface area contributed by atoms with Crippen molar-refractivity contribution in [3.8, 4) is 0 Å². The van der Waals surface area contributed by atoms with Crippen molar-refractivity contribution in [3.63, 3.8) is 0 Å². The zero-order valence-electron chi connectivity index (χ0n) is 8.13. The third kappa shape index (κ3) is 3.19. The lowest BCUT2D eigenvalue weighted by atomic mass is 10.3. The molecule has 0 saturated heterocycles. The maximum Gasteiger partial charge on any atom is 0.130 e. The van der Waals surface area contributed by atoms with E-state index >= 15 is 0 Å². The van der Waals surface area contributed by atoms with Crippen molar-refractivity contribution in [2.24, 2.45) is 0 Å². The molecule has 4 heteroatoms. The first kappa shape index (κ1) is 10.3. The van der Waals surface area contributed by atoms with Crippen LogP contribution in [-0.2, 0) is 0 Å². The number of halogens is 1. The largest absolute Gasteiger partial charge is 0.366 e. The van der Waals surface area contributed by atoms with Crippen LogP contribution in [0, 0.1) is 13.8 Å². The van der Waals surface area contributed by atoms with Crippen LogP contribution in [0.25, 0.3) is 0 Å². The SMILES string of the molecule is Cc1cc(NC(C)CCl)nc(C)n1. The Morgan fingerprint density at radius 2 is 2.15 bits per heavy atom. The predicted octanol–water partition coefficient (Wildman–Crippen LogP) is 2.13. The van der Waals surface area contributed by atoms with Gasteiger partial charge in [0, 0.05) is 23.7 Å². The molecular weight excluding hydrogens is 186 g/mol. The fourth-order valence-electron chi connectivity index (χ4n) is 1.08. The average molecular weight is 200 g/mol. The molecule has 0 saturated carbocycles. The average Bonchev–Trinajstić information content (AvgIpc) is 2.02. The van der Waals surface area contributed by atoms with Crippen molar-refractivity contribution in [1.29, 1.82) is 0 Å². The monoisotopic (exact) mass is 199 g/mol. The van der Waals surface area contributed by atoms with Gasteiger partial charge in [0.25, 0.3) is 0 Å². The molecule has 0 radical (unpaired) electrons. The number of hydrogen-bond donors (Lipinski definition) is 1. The second-order valence-electron chi connectivity index (χ2n) is 3.14. The quantitative estimate of drug-likeness (QED) is 0.758. The standard InChI is InChI=1S/C9H14ClN3/c1-6-4-9(12-7(2)5-10)13-8(3)11-6/h4,7H,5H2,1-3H3,(H,11,12,13). The Bertz CT molecular complexity index is 268. The first-order valence-electron chi connectivity index (χ1n) is 4.26. The Balaban J connectivity index is 2.77. The highest BCUT2D eigenvalue weighted by Gasteiger charge is 2.02. The second-order valence-corrected chi connectivity index (χ2v) is 3.45. The van der Waals surface area contributed by atoms with Crippen LogP contribution < -0.4 is 5.32 Å². The van der Waals surface area contributed by atoms with Crippen molar-refractivity contribution in [1.82, 2.24) is 9.97 Å². The predicted molar refractivity (Wildman–Crippen MR) is 55.3 cm³/mol. The molecule has 0 fully saturated rings. The number of nitrogens with zero attached hydrogens (tertiary/aromatic N) is 2. The molecular formula is C9H14ClN3. The van der Waals surface area contributed by atoms with Gasteiger partial charge in [-0.1, -0.05) is 0 Å². The number of alkyl halides is 1. The molecule has 1 aromatic rings. The number of aryl methyl sites for hydroxylation is 2. The van der Waals surface area contributed by atoms with Gasteiger partial charge >= 0.3 is 0 Å². The van der Waals surface area contributed by atoms with Crippen LogP contribution in [0.5, 0.6) is 0 Å². The van der Waals surface area contributed by atoms with Crippen LogP contribution >= 0.6 is 11.6 Å². The fourth-order valence-corrected chi connectivity index (χ4v) is 1.16. The third-order valence-corrected chi connectivity index (χ3v) is 2.05. The van der Waals surface area contributed by atoms with Gasteiger partial charge in [0.2, 0.25) is 0 Å². The van der Waals surface area contributed by atoms with Crippen LogP contribution in [0.1, 0.15) is 18.4 Å². The van der Waals surface area contributed by atoms with E-state index in [0.29, 0.717) is 5.88 Å². The Labute approximate surface area is 83.5 Å². The lowest BCUT2D eigenvalue weighted by Gasteiger charge is -2.11. The summed E-state index contributed by atoms with van der Waals surface area (Å²) >= 11 is 5.68. The summed E-state index contributed by atoms with van der Waals surface area (Å²) in [6, 6.07) is 2.14. The lowest BCUT2D eigenvalue weighted by molar-refractivity contribution is 0.884. The van der Waals surface area contributed by atoms with Gasteiger partial charge in [-0.25, -0.2) is 9.97 Å². The van der Waals surface area contributed by atoms with E-state index in [1.165, 1.54) is 0 Å². The molecule has 1 atom stereocenters. The van der Waals surface area contributed by atoms with Crippen LogP contribution in [0.3, 0.4) is 0 Å². The molecule has 1 heterocycles. The normalized spacial score (nSPS) is 12.6. The minimum Gasteiger partial charge on any atom is -0.366 e. The molecule has 1 N–H and O–H groups in total. The molecule has 0 amide bonds. The highest BCUT2D eigenvalue weighted by Crippen LogP contribution is 2.07. The molecule has 0 bridgehead atoms. The van der Waals surface area contributed by atoms with Gasteiger partial charge in [-0.3, -0.25) is 0 Å². The molecule has 13 heavy (non-hydrogen) atoms. The molecule has 1 aromatic heterocycles. The molecule has 0 aliphatic rings. The number of anilines is 1. The molecule has 0 spiro atoms. The van der Waals surface area contributed by atoms with Crippen LogP contribution in [0.2, 0.25) is 0 Å². The van der Waals surface area contributed by atoms with E-state index in [1.54, 1.807) is 0 Å². The second kappa shape index (κ2) is 4.42. The molecule has 0 aliphatic carbocycles. The van der Waals surface area contributed by atoms with Crippen LogP contribution in [0.15, 0.2) is 6.07 Å². The molecule has 0 aliphatic heterocycles. The van der Waals surface area contributed by atoms with E-state index in [-0.39, 0.29) is 6.04 Å². The van der Waals surface area contributed by atoms with Crippen molar-refractivity contribution < 1.29 is 0 Å². The van der Waals surface area contributed by atoms with Gasteiger partial charge < -0.3 is 5.32 Å². The first-order chi connectivity index (χ1) is 6.11. The third-order valence-electron chi connectivity index (χ3n) is 1.59. The van der Waals surface area contributed by atoms with Gasteiger partial charge in [-0.2, -0.15) is 0 Å². The van der Waals surface area contributed by atoms with E-state index in [4.69, 9.17) is 11.6 Å². The maximum atomic E-state index is 5.68. The minimum atomic E-state index is 0.232. The lowest BCUT2D eigenvalue weighted by Crippen LogP contribution is -2.17. The van der Waals surface area contributed by atoms with Crippen molar-refractivity contribution in [2.75, 3.05) is 11.2 Å². The summed E-state index contributed by atoms with van der Waals surface area (Å²) in [5.41, 5.74) is 0.969. The summed E-state index contributed by atoms with van der Waals surface area (Å²) in [7, 11) is 0. The van der Waals surface area contributed by atoms with Gasteiger partial charge in [0.05, 0.1) is 0 Å². The molecule has 72 valence electrons. The van der Waals surface area contributed by atoms with Crippen molar-refractivity contribution >= 4 is 17.4 Å². The fraction of sp³-hybridized carbons (Fsp3) is 0.556. The molecule has 1 unspecified atom stereocenters. The maximum absolute atomic E-state index is 5.68. The highest BCUT2D eigenvalue weighted by molar-refractivity contribution is 6.18. The molecule has 1 rings (SSSR count). The minimum absolute atomic E-state index is 0.232. The summed E-state index contributed by atoms with van der Waals surface area (Å²) in [5.74, 6) is 2.20. The Morgan fingerprint density at radius 1 is 1.46 bits per heavy atom. The Morgan fingerprint density at radius 3 is 2.69 bits per heavy atom. The zero-order chi connectivity index (χ0) is 9.84. The van der Waals surface area contributed by atoms with E-state index in [1.807, 2.05) is 26.8 Å². The zero-order valence-corrected chi connectivity index (χ0v) is 8.89. The van der Waals surface area contributed by atoms with Crippen LogP contribution in [-0.4, -0.2) is 21.9 Å². The number of nitrogens with one attached hydrogen (secondary N) is 1. The van der Waals surface area contributed by atoms with E-state index < -0.39 is 0 Å². The molecule has 0 aromatic carbocycles. The summed E-state index contributed by atoms with van der Waals surface area (Å²) in [4.78, 5) is 8.42. The first-order valence-corrected chi connectivity index (χ1v) is 4.80. The molecule has 3 nitrogen and oxygen atoms in total. The summed E-state index contributed by atoms with van der Waals surface area (Å²) < 4.78 is 0. The Hall–Kier alpha value is -0.830. The van der Waals surface area contributed by atoms with Gasteiger partial charge in [-0.15, -0.1) is 11.6 Å². The topological polar surface area (TPSA) is 37.8 Å².